The van der Waals surface area contributed by atoms with Crippen molar-refractivity contribution in [2.75, 3.05) is 26.2 Å². The predicted octanol–water partition coefficient (Wildman–Crippen LogP) is 5.17. The van der Waals surface area contributed by atoms with Gasteiger partial charge in [-0.15, -0.1) is 11.3 Å². The maximum absolute atomic E-state index is 13.5. The van der Waals surface area contributed by atoms with Crippen molar-refractivity contribution in [2.45, 2.75) is 53.0 Å². The van der Waals surface area contributed by atoms with Gasteiger partial charge in [0.05, 0.1) is 12.6 Å². The molecule has 0 saturated carbocycles. The van der Waals surface area contributed by atoms with Gasteiger partial charge in [-0.05, 0) is 53.8 Å². The van der Waals surface area contributed by atoms with E-state index in [9.17, 15) is 9.59 Å². The highest BCUT2D eigenvalue weighted by Crippen LogP contribution is 2.34. The van der Waals surface area contributed by atoms with Crippen molar-refractivity contribution < 1.29 is 14.3 Å². The lowest BCUT2D eigenvalue weighted by atomic mass is 10.00. The quantitative estimate of drug-likeness (QED) is 0.495. The average molecular weight is 457 g/mol. The minimum absolute atomic E-state index is 0.00405. The van der Waals surface area contributed by atoms with Gasteiger partial charge in [0, 0.05) is 24.4 Å². The van der Waals surface area contributed by atoms with E-state index in [1.165, 1.54) is 10.4 Å². The van der Waals surface area contributed by atoms with E-state index in [4.69, 9.17) is 4.74 Å². The number of carbonyl (C=O) groups is 2. The molecule has 1 aromatic heterocycles. The summed E-state index contributed by atoms with van der Waals surface area (Å²) < 4.78 is 6.07. The van der Waals surface area contributed by atoms with Crippen LogP contribution < -0.4 is 4.74 Å². The van der Waals surface area contributed by atoms with Crippen LogP contribution in [0, 0.1) is 11.8 Å². The van der Waals surface area contributed by atoms with Gasteiger partial charge in [0.15, 0.2) is 0 Å². The van der Waals surface area contributed by atoms with Crippen molar-refractivity contribution in [1.82, 2.24) is 9.80 Å². The number of benzene rings is 1. The summed E-state index contributed by atoms with van der Waals surface area (Å²) >= 11 is 1.74. The zero-order valence-electron chi connectivity index (χ0n) is 19.8. The van der Waals surface area contributed by atoms with E-state index in [2.05, 4.69) is 25.3 Å². The largest absolute Gasteiger partial charge is 0.491 e. The second-order valence-electron chi connectivity index (χ2n) is 9.37. The zero-order chi connectivity index (χ0) is 23.1. The van der Waals surface area contributed by atoms with Gasteiger partial charge in [-0.3, -0.25) is 9.59 Å². The van der Waals surface area contributed by atoms with E-state index in [-0.39, 0.29) is 30.3 Å². The second-order valence-corrected chi connectivity index (χ2v) is 10.4. The van der Waals surface area contributed by atoms with E-state index in [0.717, 1.165) is 18.6 Å². The van der Waals surface area contributed by atoms with E-state index < -0.39 is 0 Å². The number of hydrogen-bond acceptors (Lipinski definition) is 4. The molecule has 32 heavy (non-hydrogen) atoms. The fourth-order valence-electron chi connectivity index (χ4n) is 4.00. The first kappa shape index (κ1) is 24.3. The summed E-state index contributed by atoms with van der Waals surface area (Å²) in [6.45, 7) is 10.2. The van der Waals surface area contributed by atoms with Gasteiger partial charge in [-0.25, -0.2) is 0 Å². The highest BCUT2D eigenvalue weighted by atomic mass is 32.1. The molecule has 0 radical (unpaired) electrons. The number of para-hydroxylation sites is 1. The van der Waals surface area contributed by atoms with Crippen molar-refractivity contribution in [3.05, 3.63) is 52.2 Å². The number of fused-ring (bicyclic) bond motifs is 1. The normalized spacial score (nSPS) is 15.7. The minimum atomic E-state index is -0.134. The molecule has 0 saturated heterocycles. The van der Waals surface area contributed by atoms with E-state index in [1.54, 1.807) is 16.2 Å². The van der Waals surface area contributed by atoms with Gasteiger partial charge >= 0.3 is 0 Å². The average Bonchev–Trinajstić information content (AvgIpc) is 3.24. The van der Waals surface area contributed by atoms with Gasteiger partial charge in [0.1, 0.15) is 12.4 Å². The lowest BCUT2D eigenvalue weighted by Gasteiger charge is -2.37. The Balaban J connectivity index is 1.74. The molecule has 0 bridgehead atoms. The maximum Gasteiger partial charge on any atom is 0.242 e. The van der Waals surface area contributed by atoms with Crippen molar-refractivity contribution in [1.29, 1.82) is 0 Å². The Morgan fingerprint density at radius 3 is 2.56 bits per heavy atom. The fourth-order valence-corrected chi connectivity index (χ4v) is 4.93. The molecule has 0 spiro atoms. The molecule has 0 aliphatic carbocycles. The summed E-state index contributed by atoms with van der Waals surface area (Å²) in [5.74, 6) is 1.63. The Labute approximate surface area is 196 Å². The number of ether oxygens (including phenoxy) is 1. The molecule has 1 aliphatic rings. The predicted molar refractivity (Wildman–Crippen MR) is 130 cm³/mol. The number of hydrogen-bond donors (Lipinski definition) is 0. The lowest BCUT2D eigenvalue weighted by molar-refractivity contribution is -0.143. The summed E-state index contributed by atoms with van der Waals surface area (Å²) in [5, 5.41) is 2.09. The van der Waals surface area contributed by atoms with Crippen LogP contribution in [0.4, 0.5) is 0 Å². The van der Waals surface area contributed by atoms with Crippen LogP contribution in [0.15, 0.2) is 41.8 Å². The van der Waals surface area contributed by atoms with Crippen LogP contribution >= 0.6 is 11.3 Å². The molecule has 3 rings (SSSR count). The van der Waals surface area contributed by atoms with Gasteiger partial charge in [-0.2, -0.15) is 0 Å². The minimum Gasteiger partial charge on any atom is -0.491 e. The van der Waals surface area contributed by atoms with Gasteiger partial charge in [0.25, 0.3) is 0 Å². The fraction of sp³-hybridized carbons (Fsp3) is 0.538. The number of carbonyl (C=O) groups excluding carboxylic acids is 2. The topological polar surface area (TPSA) is 49.9 Å². The van der Waals surface area contributed by atoms with E-state index in [0.29, 0.717) is 32.0 Å². The standard InChI is InChI=1S/C26H36N2O3S/c1-19(2)10-13-27(25(29)16-20(3)4)17-26(30)28-14-11-24-22(12-15-32-24)23(28)18-31-21-8-6-5-7-9-21/h5-9,12,15,19-20,23H,10-11,13-14,16-18H2,1-4H3/t23-/m1/s1. The summed E-state index contributed by atoms with van der Waals surface area (Å²) in [5.41, 5.74) is 1.17. The Kier molecular flexibility index (Phi) is 8.74. The number of nitrogens with zero attached hydrogens (tertiary/aromatic N) is 2. The smallest absolute Gasteiger partial charge is 0.242 e. The van der Waals surface area contributed by atoms with Crippen LogP contribution in [0.1, 0.15) is 57.0 Å². The molecule has 1 atom stereocenters. The first-order chi connectivity index (χ1) is 15.3. The lowest BCUT2D eigenvalue weighted by Crippen LogP contribution is -2.48. The van der Waals surface area contributed by atoms with Crippen LogP contribution in [0.3, 0.4) is 0 Å². The SMILES string of the molecule is CC(C)CCN(CC(=O)N1CCc2sccc2[C@H]1COc1ccccc1)C(=O)CC(C)C. The van der Waals surface area contributed by atoms with Crippen molar-refractivity contribution in [2.24, 2.45) is 11.8 Å². The molecular formula is C26H36N2O3S. The molecule has 6 heteroatoms. The van der Waals surface area contributed by atoms with Gasteiger partial charge < -0.3 is 14.5 Å². The molecule has 2 heterocycles. The third-order valence-corrected chi connectivity index (χ3v) is 6.80. The molecule has 2 aromatic rings. The summed E-state index contributed by atoms with van der Waals surface area (Å²) in [4.78, 5) is 31.3. The van der Waals surface area contributed by atoms with Crippen LogP contribution in [0.25, 0.3) is 0 Å². The summed E-state index contributed by atoms with van der Waals surface area (Å²) in [7, 11) is 0. The van der Waals surface area contributed by atoms with Crippen LogP contribution in [-0.2, 0) is 16.0 Å². The highest BCUT2D eigenvalue weighted by molar-refractivity contribution is 7.10. The number of thiophene rings is 1. The Morgan fingerprint density at radius 1 is 1.12 bits per heavy atom. The Morgan fingerprint density at radius 2 is 1.88 bits per heavy atom. The molecule has 174 valence electrons. The molecule has 0 fully saturated rings. The molecule has 0 N–H and O–H groups in total. The monoisotopic (exact) mass is 456 g/mol. The van der Waals surface area contributed by atoms with Crippen LogP contribution in [0.2, 0.25) is 0 Å². The number of amides is 2. The van der Waals surface area contributed by atoms with Crippen LogP contribution in [-0.4, -0.2) is 47.9 Å². The van der Waals surface area contributed by atoms with Crippen LogP contribution in [0.5, 0.6) is 5.75 Å². The van der Waals surface area contributed by atoms with Crippen molar-refractivity contribution >= 4 is 23.2 Å². The first-order valence-corrected chi connectivity index (χ1v) is 12.5. The zero-order valence-corrected chi connectivity index (χ0v) is 20.6. The third kappa shape index (κ3) is 6.58. The Hall–Kier alpha value is -2.34. The van der Waals surface area contributed by atoms with Gasteiger partial charge in [-0.1, -0.05) is 45.9 Å². The summed E-state index contributed by atoms with van der Waals surface area (Å²) in [6, 6.07) is 11.7. The highest BCUT2D eigenvalue weighted by Gasteiger charge is 2.33. The van der Waals surface area contributed by atoms with E-state index in [1.807, 2.05) is 49.1 Å². The molecule has 0 unspecified atom stereocenters. The van der Waals surface area contributed by atoms with Gasteiger partial charge in [0.2, 0.25) is 11.8 Å². The molecule has 1 aliphatic heterocycles. The molecule has 5 nitrogen and oxygen atoms in total. The van der Waals surface area contributed by atoms with Crippen molar-refractivity contribution in [3.8, 4) is 5.75 Å². The molecule has 1 aromatic carbocycles. The molecule has 2 amide bonds. The first-order valence-electron chi connectivity index (χ1n) is 11.7. The second kappa shape index (κ2) is 11.5. The molecular weight excluding hydrogens is 420 g/mol. The van der Waals surface area contributed by atoms with E-state index >= 15 is 0 Å². The Bertz CT molecular complexity index is 878. The maximum atomic E-state index is 13.5. The third-order valence-electron chi connectivity index (χ3n) is 5.80. The number of rotatable bonds is 10. The van der Waals surface area contributed by atoms with Crippen molar-refractivity contribution in [3.63, 3.8) is 0 Å². The summed E-state index contributed by atoms with van der Waals surface area (Å²) in [6.07, 6.45) is 2.22.